The minimum atomic E-state index is -3.84. The number of amides is 1. The topological polar surface area (TPSA) is 114 Å². The molecule has 1 amide bonds. The van der Waals surface area contributed by atoms with Crippen molar-refractivity contribution in [3.8, 4) is 11.1 Å². The number of sulfonamides is 1. The van der Waals surface area contributed by atoms with E-state index in [1.165, 1.54) is 25.3 Å². The lowest BCUT2D eigenvalue weighted by Gasteiger charge is -2.13. The second kappa shape index (κ2) is 8.09. The van der Waals surface area contributed by atoms with E-state index < -0.39 is 15.9 Å². The zero-order chi connectivity index (χ0) is 20.3. The maximum atomic E-state index is 13.4. The molecule has 7 nitrogen and oxygen atoms in total. The number of primary amides is 1. The molecule has 1 aromatic heterocycles. The highest BCUT2D eigenvalue weighted by Crippen LogP contribution is 2.31. The molecule has 0 spiro atoms. The van der Waals surface area contributed by atoms with Gasteiger partial charge in [0.25, 0.3) is 0 Å². The van der Waals surface area contributed by atoms with Gasteiger partial charge >= 0.3 is 0 Å². The van der Waals surface area contributed by atoms with Crippen LogP contribution in [0.1, 0.15) is 12.0 Å². The van der Waals surface area contributed by atoms with E-state index in [-0.39, 0.29) is 30.3 Å². The molecule has 0 radical (unpaired) electrons. The first kappa shape index (κ1) is 20.0. The van der Waals surface area contributed by atoms with E-state index in [2.05, 4.69) is 9.71 Å². The van der Waals surface area contributed by atoms with Gasteiger partial charge in [0, 0.05) is 42.7 Å². The number of aromatic amines is 1. The fraction of sp³-hybridized carbons (Fsp3) is 0.211. The Labute approximate surface area is 161 Å². The van der Waals surface area contributed by atoms with Crippen molar-refractivity contribution in [1.29, 1.82) is 0 Å². The molecule has 148 valence electrons. The first-order valence-corrected chi connectivity index (χ1v) is 9.97. The molecule has 0 aliphatic carbocycles. The van der Waals surface area contributed by atoms with Gasteiger partial charge in [0.05, 0.1) is 11.5 Å². The Balaban J connectivity index is 2.00. The average molecular weight is 405 g/mol. The summed E-state index contributed by atoms with van der Waals surface area (Å²) in [6.07, 6.45) is 1.65. The van der Waals surface area contributed by atoms with E-state index in [4.69, 9.17) is 10.5 Å². The molecule has 0 fully saturated rings. The largest absolute Gasteiger partial charge is 0.380 e. The lowest BCUT2D eigenvalue weighted by molar-refractivity contribution is -0.117. The second-order valence-electron chi connectivity index (χ2n) is 6.26. The van der Waals surface area contributed by atoms with Gasteiger partial charge in [0.2, 0.25) is 15.9 Å². The molecule has 0 unspecified atom stereocenters. The molecule has 9 heteroatoms. The Bertz CT molecular complexity index is 1130. The van der Waals surface area contributed by atoms with Crippen molar-refractivity contribution >= 4 is 26.8 Å². The number of nitrogens with one attached hydrogen (secondary N) is 2. The van der Waals surface area contributed by atoms with Gasteiger partial charge in [0.1, 0.15) is 5.82 Å². The summed E-state index contributed by atoms with van der Waals surface area (Å²) in [6.45, 7) is -0.00324. The molecular weight excluding hydrogens is 385 g/mol. The van der Waals surface area contributed by atoms with E-state index in [9.17, 15) is 17.6 Å². The third-order valence-corrected chi connectivity index (χ3v) is 5.83. The fourth-order valence-electron chi connectivity index (χ4n) is 3.00. The highest BCUT2D eigenvalue weighted by molar-refractivity contribution is 7.89. The maximum absolute atomic E-state index is 13.4. The van der Waals surface area contributed by atoms with Crippen LogP contribution in [0.15, 0.2) is 47.5 Å². The van der Waals surface area contributed by atoms with Gasteiger partial charge in [-0.25, -0.2) is 17.5 Å². The summed E-state index contributed by atoms with van der Waals surface area (Å²) >= 11 is 0. The van der Waals surface area contributed by atoms with E-state index in [1.807, 2.05) is 0 Å². The minimum Gasteiger partial charge on any atom is -0.380 e. The highest BCUT2D eigenvalue weighted by Gasteiger charge is 2.20. The number of hydrogen-bond donors (Lipinski definition) is 3. The zero-order valence-electron chi connectivity index (χ0n) is 15.2. The zero-order valence-corrected chi connectivity index (χ0v) is 16.0. The normalized spacial score (nSPS) is 11.8. The van der Waals surface area contributed by atoms with Crippen molar-refractivity contribution in [2.45, 2.75) is 17.9 Å². The van der Waals surface area contributed by atoms with Crippen molar-refractivity contribution in [2.75, 3.05) is 13.7 Å². The summed E-state index contributed by atoms with van der Waals surface area (Å²) in [6, 6.07) is 9.32. The Morgan fingerprint density at radius 3 is 2.75 bits per heavy atom. The lowest BCUT2D eigenvalue weighted by atomic mass is 10.0. The Morgan fingerprint density at radius 2 is 2.04 bits per heavy atom. The third kappa shape index (κ3) is 4.22. The number of fused-ring (bicyclic) bond motifs is 1. The van der Waals surface area contributed by atoms with Gasteiger partial charge in [-0.2, -0.15) is 0 Å². The molecule has 0 bridgehead atoms. The van der Waals surface area contributed by atoms with Crippen LogP contribution in [0.2, 0.25) is 0 Å². The van der Waals surface area contributed by atoms with Crippen LogP contribution in [-0.2, 0) is 26.2 Å². The lowest BCUT2D eigenvalue weighted by Crippen LogP contribution is -2.28. The molecule has 0 aliphatic rings. The van der Waals surface area contributed by atoms with Crippen molar-refractivity contribution < 1.29 is 22.3 Å². The van der Waals surface area contributed by atoms with E-state index in [1.54, 1.807) is 24.4 Å². The van der Waals surface area contributed by atoms with Gasteiger partial charge in [-0.1, -0.05) is 6.07 Å². The Morgan fingerprint density at radius 1 is 1.25 bits per heavy atom. The van der Waals surface area contributed by atoms with Gasteiger partial charge in [0.15, 0.2) is 0 Å². The van der Waals surface area contributed by atoms with Crippen LogP contribution in [0.4, 0.5) is 4.39 Å². The molecule has 4 N–H and O–H groups in total. The molecule has 3 rings (SSSR count). The summed E-state index contributed by atoms with van der Waals surface area (Å²) in [4.78, 5) is 13.9. The third-order valence-electron chi connectivity index (χ3n) is 4.27. The SMILES string of the molecule is COCc1cc(-c2c[nH]c3cc(F)ccc23)ccc1S(=O)(=O)NCCC(N)=O. The summed E-state index contributed by atoms with van der Waals surface area (Å²) in [7, 11) is -2.37. The molecule has 28 heavy (non-hydrogen) atoms. The first-order chi connectivity index (χ1) is 13.3. The van der Waals surface area contributed by atoms with Gasteiger partial charge in [-0.3, -0.25) is 4.79 Å². The number of ether oxygens (including phenoxy) is 1. The van der Waals surface area contributed by atoms with Crippen molar-refractivity contribution in [1.82, 2.24) is 9.71 Å². The number of hydrogen-bond acceptors (Lipinski definition) is 4. The number of methoxy groups -OCH3 is 1. The number of H-pyrrole nitrogens is 1. The predicted molar refractivity (Wildman–Crippen MR) is 103 cm³/mol. The Kier molecular flexibility index (Phi) is 5.78. The fourth-order valence-corrected chi connectivity index (χ4v) is 4.24. The molecular formula is C19H20FN3O4S. The number of rotatable bonds is 8. The molecule has 0 aliphatic heterocycles. The van der Waals surface area contributed by atoms with E-state index >= 15 is 0 Å². The summed E-state index contributed by atoms with van der Waals surface area (Å²) in [5.74, 6) is -0.935. The van der Waals surface area contributed by atoms with Crippen LogP contribution >= 0.6 is 0 Å². The smallest absolute Gasteiger partial charge is 0.240 e. The van der Waals surface area contributed by atoms with Gasteiger partial charge < -0.3 is 15.5 Å². The van der Waals surface area contributed by atoms with E-state index in [0.29, 0.717) is 11.1 Å². The van der Waals surface area contributed by atoms with Crippen LogP contribution in [0.3, 0.4) is 0 Å². The minimum absolute atomic E-state index is 0.0634. The second-order valence-corrected chi connectivity index (χ2v) is 8.00. The summed E-state index contributed by atoms with van der Waals surface area (Å²) in [5, 5.41) is 0.819. The number of aromatic nitrogens is 1. The first-order valence-electron chi connectivity index (χ1n) is 8.48. The van der Waals surface area contributed by atoms with Gasteiger partial charge in [-0.05, 0) is 41.5 Å². The molecule has 0 saturated heterocycles. The van der Waals surface area contributed by atoms with Gasteiger partial charge in [-0.15, -0.1) is 0 Å². The number of halogens is 1. The van der Waals surface area contributed by atoms with Crippen LogP contribution < -0.4 is 10.5 Å². The van der Waals surface area contributed by atoms with Crippen LogP contribution in [-0.4, -0.2) is 33.0 Å². The summed E-state index contributed by atoms with van der Waals surface area (Å²) < 4.78 is 46.1. The maximum Gasteiger partial charge on any atom is 0.240 e. The molecule has 0 atom stereocenters. The van der Waals surface area contributed by atoms with Crippen LogP contribution in [0.5, 0.6) is 0 Å². The van der Waals surface area contributed by atoms with Crippen molar-refractivity contribution in [3.63, 3.8) is 0 Å². The molecule has 3 aromatic rings. The highest BCUT2D eigenvalue weighted by atomic mass is 32.2. The van der Waals surface area contributed by atoms with E-state index in [0.717, 1.165) is 16.5 Å². The van der Waals surface area contributed by atoms with Crippen LogP contribution in [0.25, 0.3) is 22.0 Å². The quantitative estimate of drug-likeness (QED) is 0.533. The molecule has 1 heterocycles. The molecule has 2 aromatic carbocycles. The Hall–Kier alpha value is -2.75. The summed E-state index contributed by atoms with van der Waals surface area (Å²) in [5.41, 5.74) is 7.74. The van der Waals surface area contributed by atoms with Crippen molar-refractivity contribution in [3.05, 3.63) is 54.0 Å². The standard InChI is InChI=1S/C19H20FN3O4S/c1-27-11-13-8-12(16-10-22-17-9-14(20)3-4-15(16)17)2-5-18(13)28(25,26)23-7-6-19(21)24/h2-5,8-10,22-23H,6-7,11H2,1H3,(H2,21,24). The predicted octanol–water partition coefficient (Wildman–Crippen LogP) is 2.27. The molecule has 0 saturated carbocycles. The number of benzene rings is 2. The average Bonchev–Trinajstić information content (AvgIpc) is 3.04. The van der Waals surface area contributed by atoms with Crippen LogP contribution in [0, 0.1) is 5.82 Å². The number of nitrogens with two attached hydrogens (primary N) is 1. The van der Waals surface area contributed by atoms with Crippen molar-refractivity contribution in [2.24, 2.45) is 5.73 Å². The number of carbonyl (C=O) groups is 1. The number of carbonyl (C=O) groups excluding carboxylic acids is 1. The monoisotopic (exact) mass is 405 g/mol.